The Hall–Kier alpha value is -0.0800. The van der Waals surface area contributed by atoms with Crippen LogP contribution in [0.1, 0.15) is 33.1 Å². The Morgan fingerprint density at radius 2 is 1.50 bits per heavy atom. The third-order valence-electron chi connectivity index (χ3n) is 2.95. The third kappa shape index (κ3) is 0.956. The fraction of sp³-hybridized carbons (Fsp3) is 1.00. The van der Waals surface area contributed by atoms with Gasteiger partial charge in [-0.2, -0.15) is 0 Å². The van der Waals surface area contributed by atoms with Crippen molar-refractivity contribution in [1.82, 2.24) is 0 Å². The molecule has 10 heavy (non-hydrogen) atoms. The van der Waals surface area contributed by atoms with Crippen LogP contribution in [0.15, 0.2) is 0 Å². The van der Waals surface area contributed by atoms with Crippen LogP contribution in [0.25, 0.3) is 0 Å². The molecule has 0 heterocycles. The molecule has 1 aliphatic carbocycles. The molecule has 0 spiro atoms. The lowest BCUT2D eigenvalue weighted by molar-refractivity contribution is -0.104. The fourth-order valence-electron chi connectivity index (χ4n) is 1.77. The summed E-state index contributed by atoms with van der Waals surface area (Å²) in [5, 5.41) is 18.7. The summed E-state index contributed by atoms with van der Waals surface area (Å²) in [4.78, 5) is 0. The highest BCUT2D eigenvalue weighted by Crippen LogP contribution is 2.46. The van der Waals surface area contributed by atoms with Crippen molar-refractivity contribution in [3.8, 4) is 0 Å². The summed E-state index contributed by atoms with van der Waals surface area (Å²) < 4.78 is 0. The number of rotatable bonds is 2. The zero-order chi connectivity index (χ0) is 7.78. The minimum atomic E-state index is -0.360. The molecule has 0 bridgehead atoms. The molecule has 2 unspecified atom stereocenters. The lowest BCUT2D eigenvalue weighted by Crippen LogP contribution is -2.47. The first-order valence-corrected chi connectivity index (χ1v) is 3.96. The first kappa shape index (κ1) is 8.02. The van der Waals surface area contributed by atoms with Gasteiger partial charge < -0.3 is 10.2 Å². The van der Waals surface area contributed by atoms with E-state index in [-0.39, 0.29) is 17.6 Å². The van der Waals surface area contributed by atoms with E-state index in [4.69, 9.17) is 0 Å². The minimum Gasteiger partial charge on any atom is -0.393 e. The second-order valence-electron chi connectivity index (χ2n) is 3.44. The van der Waals surface area contributed by atoms with Crippen molar-refractivity contribution < 1.29 is 10.2 Å². The monoisotopic (exact) mass is 144 g/mol. The van der Waals surface area contributed by atoms with Gasteiger partial charge in [0.2, 0.25) is 0 Å². The largest absolute Gasteiger partial charge is 0.393 e. The molecule has 2 N–H and O–H groups in total. The normalized spacial score (nSPS) is 28.8. The van der Waals surface area contributed by atoms with E-state index >= 15 is 0 Å². The van der Waals surface area contributed by atoms with Crippen LogP contribution in [0.2, 0.25) is 0 Å². The van der Waals surface area contributed by atoms with Gasteiger partial charge in [0.1, 0.15) is 0 Å². The van der Waals surface area contributed by atoms with Gasteiger partial charge in [0, 0.05) is 5.41 Å². The number of hydrogen-bond donors (Lipinski definition) is 2. The standard InChI is InChI=1S/C8H16O2/c1-6(9)8(7(2)10)4-3-5-8/h6-7,9-10H,3-5H2,1-2H3. The van der Waals surface area contributed by atoms with E-state index in [0.29, 0.717) is 0 Å². The first-order valence-electron chi connectivity index (χ1n) is 3.96. The van der Waals surface area contributed by atoms with Crippen LogP contribution in [0, 0.1) is 5.41 Å². The molecule has 0 aromatic rings. The molecule has 0 radical (unpaired) electrons. The molecule has 2 atom stereocenters. The molecule has 0 amide bonds. The highest BCUT2D eigenvalue weighted by Gasteiger charge is 2.45. The van der Waals surface area contributed by atoms with Crippen molar-refractivity contribution in [2.75, 3.05) is 0 Å². The number of aliphatic hydroxyl groups excluding tert-OH is 2. The second kappa shape index (κ2) is 2.51. The van der Waals surface area contributed by atoms with Crippen LogP contribution in [-0.4, -0.2) is 22.4 Å². The van der Waals surface area contributed by atoms with Crippen LogP contribution < -0.4 is 0 Å². The minimum absolute atomic E-state index is 0.167. The van der Waals surface area contributed by atoms with Gasteiger partial charge in [-0.25, -0.2) is 0 Å². The van der Waals surface area contributed by atoms with Gasteiger partial charge in [-0.1, -0.05) is 6.42 Å². The predicted octanol–water partition coefficient (Wildman–Crippen LogP) is 0.918. The van der Waals surface area contributed by atoms with Crippen LogP contribution in [-0.2, 0) is 0 Å². The zero-order valence-corrected chi connectivity index (χ0v) is 6.67. The average molecular weight is 144 g/mol. The molecule has 1 saturated carbocycles. The molecular weight excluding hydrogens is 128 g/mol. The van der Waals surface area contributed by atoms with Crippen molar-refractivity contribution in [2.24, 2.45) is 5.41 Å². The highest BCUT2D eigenvalue weighted by molar-refractivity contribution is 4.95. The van der Waals surface area contributed by atoms with Gasteiger partial charge >= 0.3 is 0 Å². The average Bonchev–Trinajstić information content (AvgIpc) is 1.57. The molecule has 2 nitrogen and oxygen atoms in total. The van der Waals surface area contributed by atoms with Gasteiger partial charge in [0.25, 0.3) is 0 Å². The molecule has 1 aliphatic rings. The molecule has 60 valence electrons. The SMILES string of the molecule is CC(O)C1(C(C)O)CCC1. The zero-order valence-electron chi connectivity index (χ0n) is 6.67. The summed E-state index contributed by atoms with van der Waals surface area (Å²) in [6.45, 7) is 3.54. The lowest BCUT2D eigenvalue weighted by atomic mass is 9.62. The van der Waals surface area contributed by atoms with Crippen molar-refractivity contribution in [1.29, 1.82) is 0 Å². The summed E-state index contributed by atoms with van der Waals surface area (Å²) in [5.41, 5.74) is -0.167. The Morgan fingerprint density at radius 3 is 1.50 bits per heavy atom. The lowest BCUT2D eigenvalue weighted by Gasteiger charge is -2.46. The molecule has 0 saturated heterocycles. The highest BCUT2D eigenvalue weighted by atomic mass is 16.3. The molecule has 1 fully saturated rings. The fourth-order valence-corrected chi connectivity index (χ4v) is 1.77. The summed E-state index contributed by atoms with van der Waals surface area (Å²) in [7, 11) is 0. The van der Waals surface area contributed by atoms with E-state index in [1.165, 1.54) is 0 Å². The van der Waals surface area contributed by atoms with Crippen LogP contribution >= 0.6 is 0 Å². The summed E-state index contributed by atoms with van der Waals surface area (Å²) in [5.74, 6) is 0. The summed E-state index contributed by atoms with van der Waals surface area (Å²) in [6.07, 6.45) is 2.38. The quantitative estimate of drug-likeness (QED) is 0.605. The predicted molar refractivity (Wildman–Crippen MR) is 39.6 cm³/mol. The van der Waals surface area contributed by atoms with Gasteiger partial charge in [0.15, 0.2) is 0 Å². The molecule has 0 aromatic heterocycles. The van der Waals surface area contributed by atoms with E-state index in [2.05, 4.69) is 0 Å². The molecule has 0 aromatic carbocycles. The second-order valence-corrected chi connectivity index (χ2v) is 3.44. The first-order chi connectivity index (χ1) is 4.59. The van der Waals surface area contributed by atoms with E-state index in [1.807, 2.05) is 0 Å². The van der Waals surface area contributed by atoms with Gasteiger partial charge in [-0.05, 0) is 26.7 Å². The van der Waals surface area contributed by atoms with Crippen molar-refractivity contribution >= 4 is 0 Å². The summed E-state index contributed by atoms with van der Waals surface area (Å²) >= 11 is 0. The maximum Gasteiger partial charge on any atom is 0.0592 e. The van der Waals surface area contributed by atoms with E-state index in [0.717, 1.165) is 19.3 Å². The van der Waals surface area contributed by atoms with E-state index in [9.17, 15) is 10.2 Å². The maximum atomic E-state index is 9.33. The Kier molecular flexibility index (Phi) is 2.02. The molecular formula is C8H16O2. The Morgan fingerprint density at radius 1 is 1.10 bits per heavy atom. The topological polar surface area (TPSA) is 40.5 Å². The summed E-state index contributed by atoms with van der Waals surface area (Å²) in [6, 6.07) is 0. The molecule has 0 aliphatic heterocycles. The number of hydrogen-bond acceptors (Lipinski definition) is 2. The van der Waals surface area contributed by atoms with Gasteiger partial charge in [-0.3, -0.25) is 0 Å². The van der Waals surface area contributed by atoms with Crippen molar-refractivity contribution in [3.63, 3.8) is 0 Å². The van der Waals surface area contributed by atoms with Crippen molar-refractivity contribution in [2.45, 2.75) is 45.3 Å². The van der Waals surface area contributed by atoms with Gasteiger partial charge in [0.05, 0.1) is 12.2 Å². The molecule has 1 rings (SSSR count). The Balaban J connectivity index is 2.59. The van der Waals surface area contributed by atoms with Crippen molar-refractivity contribution in [3.05, 3.63) is 0 Å². The molecule has 2 heteroatoms. The van der Waals surface area contributed by atoms with E-state index < -0.39 is 0 Å². The Labute approximate surface area is 61.9 Å². The van der Waals surface area contributed by atoms with E-state index in [1.54, 1.807) is 13.8 Å². The number of aliphatic hydroxyl groups is 2. The third-order valence-corrected chi connectivity index (χ3v) is 2.95. The van der Waals surface area contributed by atoms with Crippen LogP contribution in [0.4, 0.5) is 0 Å². The van der Waals surface area contributed by atoms with Crippen LogP contribution in [0.3, 0.4) is 0 Å². The van der Waals surface area contributed by atoms with Gasteiger partial charge in [-0.15, -0.1) is 0 Å². The maximum absolute atomic E-state index is 9.33. The Bertz CT molecular complexity index is 104. The van der Waals surface area contributed by atoms with Crippen LogP contribution in [0.5, 0.6) is 0 Å². The smallest absolute Gasteiger partial charge is 0.0592 e.